The van der Waals surface area contributed by atoms with E-state index in [0.717, 1.165) is 0 Å². The van der Waals surface area contributed by atoms with Crippen LogP contribution in [0.2, 0.25) is 0 Å². The van der Waals surface area contributed by atoms with Crippen molar-refractivity contribution in [3.63, 3.8) is 0 Å². The number of nitrogens with one attached hydrogen (secondary N) is 1. The van der Waals surface area contributed by atoms with Gasteiger partial charge in [0.1, 0.15) is 12.6 Å². The number of urea groups is 1. The molecule has 0 saturated heterocycles. The minimum atomic E-state index is -1.07. The van der Waals surface area contributed by atoms with Gasteiger partial charge in [-0.15, -0.1) is 0 Å². The highest BCUT2D eigenvalue weighted by molar-refractivity contribution is 5.86. The highest BCUT2D eigenvalue weighted by Gasteiger charge is 2.24. The maximum absolute atomic E-state index is 12.0. The van der Waals surface area contributed by atoms with Gasteiger partial charge in [0, 0.05) is 20.6 Å². The number of hydrogen-bond donors (Lipinski definition) is 2. The van der Waals surface area contributed by atoms with E-state index in [1.54, 1.807) is 21.0 Å². The van der Waals surface area contributed by atoms with E-state index in [-0.39, 0.29) is 18.4 Å². The minimum absolute atomic E-state index is 0.0661. The van der Waals surface area contributed by atoms with Crippen molar-refractivity contribution in [3.8, 4) is 0 Å². The summed E-state index contributed by atoms with van der Waals surface area (Å²) in [5, 5.41) is 11.5. The van der Waals surface area contributed by atoms with Gasteiger partial charge in [0.15, 0.2) is 0 Å². The van der Waals surface area contributed by atoms with Crippen LogP contribution >= 0.6 is 0 Å². The highest BCUT2D eigenvalue weighted by atomic mass is 16.4. The first kappa shape index (κ1) is 18.2. The molecule has 7 heteroatoms. The van der Waals surface area contributed by atoms with Crippen molar-refractivity contribution in [2.24, 2.45) is 5.92 Å². The first-order valence-electron chi connectivity index (χ1n) is 6.67. The van der Waals surface area contributed by atoms with Crippen molar-refractivity contribution >= 4 is 17.9 Å². The zero-order chi connectivity index (χ0) is 15.9. The number of hydrogen-bond acceptors (Lipinski definition) is 3. The molecule has 1 atom stereocenters. The quantitative estimate of drug-likeness (QED) is 0.717. The van der Waals surface area contributed by atoms with Crippen molar-refractivity contribution in [1.82, 2.24) is 15.1 Å². The first-order chi connectivity index (χ1) is 9.18. The Balaban J connectivity index is 4.66. The Morgan fingerprint density at radius 2 is 1.75 bits per heavy atom. The summed E-state index contributed by atoms with van der Waals surface area (Å²) >= 11 is 0. The second-order valence-electron chi connectivity index (χ2n) is 5.27. The monoisotopic (exact) mass is 287 g/mol. The molecule has 0 aliphatic carbocycles. The fourth-order valence-electron chi connectivity index (χ4n) is 1.57. The van der Waals surface area contributed by atoms with Gasteiger partial charge in [0.2, 0.25) is 5.91 Å². The van der Waals surface area contributed by atoms with E-state index in [4.69, 9.17) is 5.11 Å². The van der Waals surface area contributed by atoms with Crippen molar-refractivity contribution in [2.45, 2.75) is 33.2 Å². The van der Waals surface area contributed by atoms with Crippen LogP contribution in [-0.4, -0.2) is 66.0 Å². The fraction of sp³-hybridized carbons (Fsp3) is 0.769. The molecule has 7 nitrogen and oxygen atoms in total. The van der Waals surface area contributed by atoms with Crippen LogP contribution in [0.4, 0.5) is 4.79 Å². The van der Waals surface area contributed by atoms with Gasteiger partial charge < -0.3 is 20.2 Å². The molecule has 20 heavy (non-hydrogen) atoms. The molecule has 0 spiro atoms. The van der Waals surface area contributed by atoms with Gasteiger partial charge in [-0.2, -0.15) is 0 Å². The second kappa shape index (κ2) is 8.39. The minimum Gasteiger partial charge on any atom is -0.480 e. The van der Waals surface area contributed by atoms with Crippen LogP contribution in [0, 0.1) is 5.92 Å². The predicted molar refractivity (Wildman–Crippen MR) is 75.4 cm³/mol. The van der Waals surface area contributed by atoms with Crippen LogP contribution in [-0.2, 0) is 9.59 Å². The largest absolute Gasteiger partial charge is 0.480 e. The maximum atomic E-state index is 12.0. The molecule has 0 aliphatic rings. The molecule has 2 N–H and O–H groups in total. The number of carboxylic acids is 1. The van der Waals surface area contributed by atoms with E-state index in [1.807, 2.05) is 13.8 Å². The number of amides is 3. The van der Waals surface area contributed by atoms with Crippen molar-refractivity contribution in [3.05, 3.63) is 0 Å². The van der Waals surface area contributed by atoms with Gasteiger partial charge in [-0.1, -0.05) is 13.8 Å². The fourth-order valence-corrected chi connectivity index (χ4v) is 1.57. The van der Waals surface area contributed by atoms with Crippen molar-refractivity contribution < 1.29 is 19.5 Å². The van der Waals surface area contributed by atoms with Crippen molar-refractivity contribution in [1.29, 1.82) is 0 Å². The second-order valence-corrected chi connectivity index (χ2v) is 5.27. The van der Waals surface area contributed by atoms with E-state index < -0.39 is 18.0 Å². The molecule has 0 aromatic carbocycles. The van der Waals surface area contributed by atoms with E-state index in [2.05, 4.69) is 5.32 Å². The Labute approximate surface area is 119 Å². The normalized spacial score (nSPS) is 11.9. The molecule has 0 heterocycles. The Bertz CT molecular complexity index is 356. The summed E-state index contributed by atoms with van der Waals surface area (Å²) < 4.78 is 0. The Morgan fingerprint density at radius 1 is 1.20 bits per heavy atom. The van der Waals surface area contributed by atoms with Gasteiger partial charge >= 0.3 is 12.0 Å². The van der Waals surface area contributed by atoms with Gasteiger partial charge in [-0.3, -0.25) is 4.79 Å². The summed E-state index contributed by atoms with van der Waals surface area (Å²) in [5.41, 5.74) is 0. The molecule has 3 amide bonds. The summed E-state index contributed by atoms with van der Waals surface area (Å²) in [6.45, 7) is 5.77. The molecule has 0 bridgehead atoms. The van der Waals surface area contributed by atoms with Crippen LogP contribution in [0.15, 0.2) is 0 Å². The van der Waals surface area contributed by atoms with Crippen LogP contribution in [0.3, 0.4) is 0 Å². The first-order valence-corrected chi connectivity index (χ1v) is 6.67. The topological polar surface area (TPSA) is 90.0 Å². The number of rotatable bonds is 7. The average Bonchev–Trinajstić information content (AvgIpc) is 2.33. The third kappa shape index (κ3) is 6.40. The van der Waals surface area contributed by atoms with Crippen LogP contribution in [0.25, 0.3) is 0 Å². The van der Waals surface area contributed by atoms with Gasteiger partial charge in [-0.05, 0) is 19.3 Å². The lowest BCUT2D eigenvalue weighted by Gasteiger charge is -2.25. The molecule has 0 unspecified atom stereocenters. The number of carbonyl (C=O) groups excluding carboxylic acids is 2. The zero-order valence-corrected chi connectivity index (χ0v) is 12.8. The standard InChI is InChI=1S/C13H25N3O4/c1-6-16(8-11(17)15(4)5)13(20)14-10(12(18)19)7-9(2)3/h9-10H,6-8H2,1-5H3,(H,14,20)(H,18,19)/t10-/m0/s1. The van der Waals surface area contributed by atoms with Gasteiger partial charge in [0.25, 0.3) is 0 Å². The number of nitrogens with zero attached hydrogens (tertiary/aromatic N) is 2. The zero-order valence-electron chi connectivity index (χ0n) is 12.8. The summed E-state index contributed by atoms with van der Waals surface area (Å²) in [5.74, 6) is -1.13. The van der Waals surface area contributed by atoms with Crippen molar-refractivity contribution in [2.75, 3.05) is 27.2 Å². The molecule has 116 valence electrons. The molecule has 0 aliphatic heterocycles. The Morgan fingerprint density at radius 3 is 2.10 bits per heavy atom. The predicted octanol–water partition coefficient (Wildman–Crippen LogP) is 0.605. The number of likely N-dealkylation sites (N-methyl/N-ethyl adjacent to an activating group) is 2. The third-order valence-electron chi connectivity index (χ3n) is 2.80. The van der Waals surface area contributed by atoms with E-state index in [0.29, 0.717) is 13.0 Å². The van der Waals surface area contributed by atoms with Crippen LogP contribution < -0.4 is 5.32 Å². The maximum Gasteiger partial charge on any atom is 0.326 e. The third-order valence-corrected chi connectivity index (χ3v) is 2.80. The van der Waals surface area contributed by atoms with Gasteiger partial charge in [0.05, 0.1) is 0 Å². The van der Waals surface area contributed by atoms with Gasteiger partial charge in [-0.25, -0.2) is 9.59 Å². The molecule has 0 fully saturated rings. The molecule has 0 saturated carbocycles. The molecule has 0 radical (unpaired) electrons. The summed E-state index contributed by atoms with van der Waals surface area (Å²) in [6, 6.07) is -1.47. The molecular formula is C13H25N3O4. The molecular weight excluding hydrogens is 262 g/mol. The molecule has 0 rings (SSSR count). The Kier molecular flexibility index (Phi) is 7.64. The van der Waals surface area contributed by atoms with E-state index in [9.17, 15) is 14.4 Å². The summed E-state index contributed by atoms with van der Waals surface area (Å²) in [6.07, 6.45) is 0.347. The molecule has 0 aromatic heterocycles. The van der Waals surface area contributed by atoms with Crippen LogP contribution in [0.1, 0.15) is 27.2 Å². The lowest BCUT2D eigenvalue weighted by atomic mass is 10.0. The smallest absolute Gasteiger partial charge is 0.326 e. The number of carboxylic acid groups (broad SMARTS) is 1. The number of carbonyl (C=O) groups is 3. The SMILES string of the molecule is CCN(CC(=O)N(C)C)C(=O)N[C@@H](CC(C)C)C(=O)O. The lowest BCUT2D eigenvalue weighted by Crippen LogP contribution is -2.50. The number of aliphatic carboxylic acids is 1. The summed E-state index contributed by atoms with van der Waals surface area (Å²) in [7, 11) is 3.21. The van der Waals surface area contributed by atoms with E-state index >= 15 is 0 Å². The van der Waals surface area contributed by atoms with Crippen LogP contribution in [0.5, 0.6) is 0 Å². The Hall–Kier alpha value is -1.79. The summed E-state index contributed by atoms with van der Waals surface area (Å²) in [4.78, 5) is 37.4. The van der Waals surface area contributed by atoms with E-state index in [1.165, 1.54) is 9.80 Å². The highest BCUT2D eigenvalue weighted by Crippen LogP contribution is 2.06. The average molecular weight is 287 g/mol. The lowest BCUT2D eigenvalue weighted by molar-refractivity contribution is -0.139. The molecule has 0 aromatic rings.